The van der Waals surface area contributed by atoms with E-state index in [0.717, 1.165) is 6.42 Å². The highest BCUT2D eigenvalue weighted by Gasteiger charge is 2.14. The summed E-state index contributed by atoms with van der Waals surface area (Å²) in [6, 6.07) is 6.96. The minimum atomic E-state index is -0.170. The van der Waals surface area contributed by atoms with E-state index in [1.54, 1.807) is 24.3 Å². The summed E-state index contributed by atoms with van der Waals surface area (Å²) < 4.78 is 5.08. The Morgan fingerprint density at radius 3 is 2.56 bits per heavy atom. The lowest BCUT2D eigenvalue weighted by Gasteiger charge is -2.06. The van der Waals surface area contributed by atoms with Gasteiger partial charge in [0.2, 0.25) is 0 Å². The van der Waals surface area contributed by atoms with Crippen LogP contribution in [0.5, 0.6) is 5.75 Å². The van der Waals surface area contributed by atoms with Crippen molar-refractivity contribution in [2.24, 2.45) is 0 Å². The number of benzene rings is 1. The Morgan fingerprint density at radius 1 is 1.25 bits per heavy atom. The summed E-state index contributed by atoms with van der Waals surface area (Å²) in [6.45, 7) is 1.92. The van der Waals surface area contributed by atoms with Crippen molar-refractivity contribution >= 4 is 11.6 Å². The Hall–Kier alpha value is -1.64. The van der Waals surface area contributed by atoms with Crippen LogP contribution >= 0.6 is 0 Å². The normalized spacial score (nSPS) is 9.88. The second-order valence-corrected chi connectivity index (χ2v) is 3.59. The van der Waals surface area contributed by atoms with E-state index in [9.17, 15) is 9.59 Å². The van der Waals surface area contributed by atoms with Gasteiger partial charge in [0.25, 0.3) is 0 Å². The maximum Gasteiger partial charge on any atom is 0.173 e. The van der Waals surface area contributed by atoms with E-state index in [0.29, 0.717) is 17.7 Å². The van der Waals surface area contributed by atoms with E-state index in [1.165, 1.54) is 7.11 Å². The zero-order valence-electron chi connectivity index (χ0n) is 9.66. The van der Waals surface area contributed by atoms with Crippen molar-refractivity contribution in [1.29, 1.82) is 0 Å². The predicted octanol–water partition coefficient (Wildman–Crippen LogP) is 2.64. The van der Waals surface area contributed by atoms with Gasteiger partial charge in [0.1, 0.15) is 11.5 Å². The summed E-state index contributed by atoms with van der Waals surface area (Å²) in [4.78, 5) is 23.2. The molecule has 0 saturated carbocycles. The molecular weight excluding hydrogens is 204 g/mol. The van der Waals surface area contributed by atoms with Crippen molar-refractivity contribution in [3.8, 4) is 5.75 Å². The summed E-state index contributed by atoms with van der Waals surface area (Å²) in [6.07, 6.45) is 1.20. The maximum absolute atomic E-state index is 11.8. The van der Waals surface area contributed by atoms with E-state index < -0.39 is 0 Å². The third-order valence-corrected chi connectivity index (χ3v) is 2.29. The highest BCUT2D eigenvalue weighted by Crippen LogP contribution is 2.19. The van der Waals surface area contributed by atoms with Crippen molar-refractivity contribution in [1.82, 2.24) is 0 Å². The molecule has 86 valence electrons. The first-order chi connectivity index (χ1) is 7.69. The molecule has 0 bridgehead atoms. The van der Waals surface area contributed by atoms with E-state index in [4.69, 9.17) is 4.74 Å². The molecule has 1 rings (SSSR count). The number of methoxy groups -OCH3 is 1. The van der Waals surface area contributed by atoms with Gasteiger partial charge in [-0.2, -0.15) is 0 Å². The molecule has 0 heterocycles. The van der Waals surface area contributed by atoms with Crippen LogP contribution in [0, 0.1) is 0 Å². The number of hydrogen-bond acceptors (Lipinski definition) is 3. The van der Waals surface area contributed by atoms with E-state index in [2.05, 4.69) is 0 Å². The minimum absolute atomic E-state index is 0.0154. The monoisotopic (exact) mass is 220 g/mol. The largest absolute Gasteiger partial charge is 0.496 e. The Labute approximate surface area is 95.4 Å². The predicted molar refractivity (Wildman–Crippen MR) is 61.9 cm³/mol. The lowest BCUT2D eigenvalue weighted by molar-refractivity contribution is -0.118. The number of carbonyl (C=O) groups is 2. The third kappa shape index (κ3) is 3.19. The van der Waals surface area contributed by atoms with Gasteiger partial charge in [0.15, 0.2) is 5.78 Å². The van der Waals surface area contributed by atoms with E-state index >= 15 is 0 Å². The van der Waals surface area contributed by atoms with Crippen molar-refractivity contribution in [2.75, 3.05) is 7.11 Å². The topological polar surface area (TPSA) is 43.4 Å². The number of ketones is 2. The molecule has 1 aromatic carbocycles. The van der Waals surface area contributed by atoms with Crippen LogP contribution in [0.2, 0.25) is 0 Å². The number of para-hydroxylation sites is 1. The Bertz CT molecular complexity index is 383. The molecule has 0 N–H and O–H groups in total. The molecule has 16 heavy (non-hydrogen) atoms. The van der Waals surface area contributed by atoms with Gasteiger partial charge in [-0.25, -0.2) is 0 Å². The molecule has 3 heteroatoms. The van der Waals surface area contributed by atoms with Crippen molar-refractivity contribution in [3.63, 3.8) is 0 Å². The van der Waals surface area contributed by atoms with Crippen LogP contribution < -0.4 is 4.74 Å². The molecule has 0 aliphatic rings. The Balaban J connectivity index is 2.76. The van der Waals surface area contributed by atoms with Crippen LogP contribution in [-0.2, 0) is 4.79 Å². The molecule has 0 aromatic heterocycles. The summed E-state index contributed by atoms with van der Waals surface area (Å²) in [7, 11) is 1.51. The quantitative estimate of drug-likeness (QED) is 0.546. The molecular formula is C13H16O3. The summed E-state index contributed by atoms with van der Waals surface area (Å²) in [5.74, 6) is 0.339. The Kier molecular flexibility index (Phi) is 4.70. The number of ether oxygens (including phenoxy) is 1. The molecule has 0 atom stereocenters. The van der Waals surface area contributed by atoms with Gasteiger partial charge in [0.05, 0.1) is 19.1 Å². The number of hydrogen-bond donors (Lipinski definition) is 0. The van der Waals surface area contributed by atoms with Crippen LogP contribution in [0.25, 0.3) is 0 Å². The van der Waals surface area contributed by atoms with E-state index in [-0.39, 0.29) is 18.0 Å². The average molecular weight is 220 g/mol. The van der Waals surface area contributed by atoms with Gasteiger partial charge < -0.3 is 4.74 Å². The summed E-state index contributed by atoms with van der Waals surface area (Å²) in [5, 5.41) is 0. The highest BCUT2D eigenvalue weighted by atomic mass is 16.5. The van der Waals surface area contributed by atoms with Gasteiger partial charge in [-0.05, 0) is 18.6 Å². The van der Waals surface area contributed by atoms with Gasteiger partial charge in [-0.15, -0.1) is 0 Å². The molecule has 3 nitrogen and oxygen atoms in total. The molecule has 0 aliphatic heterocycles. The molecule has 0 spiro atoms. The molecule has 1 aromatic rings. The van der Waals surface area contributed by atoms with Crippen LogP contribution in [0.1, 0.15) is 36.5 Å². The lowest BCUT2D eigenvalue weighted by atomic mass is 10.0. The molecule has 0 unspecified atom stereocenters. The number of Topliss-reactive ketones (excluding diaryl/α,β-unsaturated/α-hetero) is 2. The summed E-state index contributed by atoms with van der Waals surface area (Å²) in [5.41, 5.74) is 0.481. The van der Waals surface area contributed by atoms with E-state index in [1.807, 2.05) is 6.92 Å². The maximum atomic E-state index is 11.8. The van der Waals surface area contributed by atoms with Crippen LogP contribution in [0.15, 0.2) is 24.3 Å². The zero-order valence-corrected chi connectivity index (χ0v) is 9.66. The highest BCUT2D eigenvalue weighted by molar-refractivity contribution is 6.09. The first-order valence-corrected chi connectivity index (χ1v) is 5.37. The van der Waals surface area contributed by atoms with Gasteiger partial charge in [-0.1, -0.05) is 19.1 Å². The second kappa shape index (κ2) is 6.05. The number of carbonyl (C=O) groups excluding carboxylic acids is 2. The second-order valence-electron chi connectivity index (χ2n) is 3.59. The molecule has 0 fully saturated rings. The van der Waals surface area contributed by atoms with Gasteiger partial charge >= 0.3 is 0 Å². The van der Waals surface area contributed by atoms with Crippen LogP contribution in [0.4, 0.5) is 0 Å². The van der Waals surface area contributed by atoms with Crippen molar-refractivity contribution < 1.29 is 14.3 Å². The molecule has 0 radical (unpaired) electrons. The fraction of sp³-hybridized carbons (Fsp3) is 0.385. The SMILES string of the molecule is CCCC(=O)CC(=O)c1ccccc1OC. The first-order valence-electron chi connectivity index (χ1n) is 5.37. The van der Waals surface area contributed by atoms with Crippen molar-refractivity contribution in [3.05, 3.63) is 29.8 Å². The summed E-state index contributed by atoms with van der Waals surface area (Å²) >= 11 is 0. The smallest absolute Gasteiger partial charge is 0.173 e. The standard InChI is InChI=1S/C13H16O3/c1-3-6-10(14)9-12(15)11-7-4-5-8-13(11)16-2/h4-5,7-8H,3,6,9H2,1-2H3. The van der Waals surface area contributed by atoms with Crippen LogP contribution in [-0.4, -0.2) is 18.7 Å². The molecule has 0 saturated heterocycles. The van der Waals surface area contributed by atoms with Gasteiger partial charge in [-0.3, -0.25) is 9.59 Å². The van der Waals surface area contributed by atoms with Crippen LogP contribution in [0.3, 0.4) is 0 Å². The zero-order chi connectivity index (χ0) is 12.0. The number of rotatable bonds is 6. The minimum Gasteiger partial charge on any atom is -0.496 e. The first kappa shape index (κ1) is 12.4. The fourth-order valence-corrected chi connectivity index (χ4v) is 1.52. The average Bonchev–Trinajstić information content (AvgIpc) is 2.29. The molecule has 0 aliphatic carbocycles. The lowest BCUT2D eigenvalue weighted by Crippen LogP contribution is -2.09. The fourth-order valence-electron chi connectivity index (χ4n) is 1.52. The van der Waals surface area contributed by atoms with Crippen molar-refractivity contribution in [2.45, 2.75) is 26.2 Å². The molecule has 0 amide bonds. The van der Waals surface area contributed by atoms with Gasteiger partial charge in [0, 0.05) is 6.42 Å². The third-order valence-electron chi connectivity index (χ3n) is 2.29. The Morgan fingerprint density at radius 2 is 1.94 bits per heavy atom.